The average Bonchev–Trinajstić information content (AvgIpc) is 2.76. The number of carboxylic acid groups (broad SMARTS) is 1. The van der Waals surface area contributed by atoms with Gasteiger partial charge in [-0.2, -0.15) is 0 Å². The van der Waals surface area contributed by atoms with E-state index in [2.05, 4.69) is 9.88 Å². The minimum absolute atomic E-state index is 0.0830. The molecule has 0 aliphatic carbocycles. The van der Waals surface area contributed by atoms with Gasteiger partial charge in [-0.25, -0.2) is 4.98 Å². The van der Waals surface area contributed by atoms with Crippen molar-refractivity contribution in [3.8, 4) is 5.88 Å². The van der Waals surface area contributed by atoms with Crippen LogP contribution in [0.25, 0.3) is 0 Å². The van der Waals surface area contributed by atoms with Gasteiger partial charge in [-0.3, -0.25) is 4.79 Å². The van der Waals surface area contributed by atoms with Gasteiger partial charge in [-0.05, 0) is 18.9 Å². The van der Waals surface area contributed by atoms with E-state index in [1.165, 1.54) is 0 Å². The van der Waals surface area contributed by atoms with Crippen LogP contribution in [-0.4, -0.2) is 35.8 Å². The van der Waals surface area contributed by atoms with Gasteiger partial charge >= 0.3 is 5.97 Å². The molecule has 1 aromatic heterocycles. The number of aliphatic carboxylic acids is 1. The summed E-state index contributed by atoms with van der Waals surface area (Å²) >= 11 is 0. The molecule has 1 atom stereocenters. The van der Waals surface area contributed by atoms with Crippen molar-refractivity contribution in [3.63, 3.8) is 0 Å². The van der Waals surface area contributed by atoms with E-state index in [9.17, 15) is 4.79 Å². The van der Waals surface area contributed by atoms with Gasteiger partial charge < -0.3 is 14.7 Å². The molecule has 17 heavy (non-hydrogen) atoms. The standard InChI is InChI=1S/C12H16N2O3/c1-17-11-7-10(4-5-13-11)14-6-2-3-9(14)8-12(15)16/h4-5,7,9H,2-3,6,8H2,1H3,(H,15,16). The van der Waals surface area contributed by atoms with Crippen LogP contribution in [0, 0.1) is 0 Å². The topological polar surface area (TPSA) is 62.7 Å². The Labute approximate surface area is 100 Å². The molecule has 1 fully saturated rings. The Morgan fingerprint density at radius 1 is 1.71 bits per heavy atom. The van der Waals surface area contributed by atoms with E-state index in [1.807, 2.05) is 12.1 Å². The highest BCUT2D eigenvalue weighted by Crippen LogP contribution is 2.28. The Morgan fingerprint density at radius 2 is 2.53 bits per heavy atom. The lowest BCUT2D eigenvalue weighted by molar-refractivity contribution is -0.137. The van der Waals surface area contributed by atoms with Gasteiger partial charge in [0, 0.05) is 30.5 Å². The largest absolute Gasteiger partial charge is 0.481 e. The number of hydrogen-bond donors (Lipinski definition) is 1. The molecule has 1 unspecified atom stereocenters. The van der Waals surface area contributed by atoms with Gasteiger partial charge in [-0.1, -0.05) is 0 Å². The maximum Gasteiger partial charge on any atom is 0.305 e. The SMILES string of the molecule is COc1cc(N2CCCC2CC(=O)O)ccn1. The van der Waals surface area contributed by atoms with Gasteiger partial charge in [-0.15, -0.1) is 0 Å². The minimum Gasteiger partial charge on any atom is -0.481 e. The van der Waals surface area contributed by atoms with Crippen molar-refractivity contribution in [2.75, 3.05) is 18.6 Å². The molecular formula is C12H16N2O3. The summed E-state index contributed by atoms with van der Waals surface area (Å²) in [4.78, 5) is 17.0. The normalized spacial score (nSPS) is 19.4. The van der Waals surface area contributed by atoms with Gasteiger partial charge in [0.1, 0.15) is 0 Å². The number of ether oxygens (including phenoxy) is 1. The van der Waals surface area contributed by atoms with Crippen molar-refractivity contribution in [3.05, 3.63) is 18.3 Å². The van der Waals surface area contributed by atoms with E-state index in [1.54, 1.807) is 13.3 Å². The molecule has 0 amide bonds. The van der Waals surface area contributed by atoms with Gasteiger partial charge in [0.2, 0.25) is 5.88 Å². The number of aromatic nitrogens is 1. The summed E-state index contributed by atoms with van der Waals surface area (Å²) in [6, 6.07) is 3.82. The number of methoxy groups -OCH3 is 1. The molecule has 1 aliphatic heterocycles. The summed E-state index contributed by atoms with van der Waals surface area (Å²) in [7, 11) is 1.57. The van der Waals surface area contributed by atoms with Crippen LogP contribution in [0.4, 0.5) is 5.69 Å². The zero-order valence-corrected chi connectivity index (χ0v) is 9.80. The third kappa shape index (κ3) is 2.67. The van der Waals surface area contributed by atoms with Crippen molar-refractivity contribution >= 4 is 11.7 Å². The van der Waals surface area contributed by atoms with E-state index < -0.39 is 5.97 Å². The van der Waals surface area contributed by atoms with Crippen molar-refractivity contribution < 1.29 is 14.6 Å². The summed E-state index contributed by atoms with van der Waals surface area (Å²) in [5.74, 6) is -0.189. The van der Waals surface area contributed by atoms with Crippen molar-refractivity contribution in [2.45, 2.75) is 25.3 Å². The van der Waals surface area contributed by atoms with Crippen molar-refractivity contribution in [1.29, 1.82) is 0 Å². The molecule has 2 heterocycles. The number of carboxylic acids is 1. The lowest BCUT2D eigenvalue weighted by Gasteiger charge is -2.25. The fourth-order valence-electron chi connectivity index (χ4n) is 2.28. The van der Waals surface area contributed by atoms with Crippen LogP contribution in [0.1, 0.15) is 19.3 Å². The van der Waals surface area contributed by atoms with E-state index in [0.29, 0.717) is 5.88 Å². The maximum atomic E-state index is 10.8. The van der Waals surface area contributed by atoms with Gasteiger partial charge in [0.05, 0.1) is 13.5 Å². The Hall–Kier alpha value is -1.78. The van der Waals surface area contributed by atoms with Crippen LogP contribution in [0.3, 0.4) is 0 Å². The fourth-order valence-corrected chi connectivity index (χ4v) is 2.28. The fraction of sp³-hybridized carbons (Fsp3) is 0.500. The summed E-state index contributed by atoms with van der Waals surface area (Å²) in [5, 5.41) is 8.88. The number of pyridine rings is 1. The Kier molecular flexibility index (Phi) is 3.46. The van der Waals surface area contributed by atoms with E-state index in [4.69, 9.17) is 9.84 Å². The third-order valence-corrected chi connectivity index (χ3v) is 3.05. The van der Waals surface area contributed by atoms with Crippen LogP contribution in [0.15, 0.2) is 18.3 Å². The zero-order chi connectivity index (χ0) is 12.3. The summed E-state index contributed by atoms with van der Waals surface area (Å²) in [5.41, 5.74) is 0.987. The maximum absolute atomic E-state index is 10.8. The van der Waals surface area contributed by atoms with Crippen LogP contribution in [0.5, 0.6) is 5.88 Å². The number of anilines is 1. The second-order valence-electron chi connectivity index (χ2n) is 4.14. The number of rotatable bonds is 4. The average molecular weight is 236 g/mol. The molecule has 0 aromatic carbocycles. The first-order valence-electron chi connectivity index (χ1n) is 5.69. The van der Waals surface area contributed by atoms with Gasteiger partial charge in [0.25, 0.3) is 0 Å². The van der Waals surface area contributed by atoms with Crippen LogP contribution in [0.2, 0.25) is 0 Å². The van der Waals surface area contributed by atoms with Crippen LogP contribution in [-0.2, 0) is 4.79 Å². The predicted molar refractivity (Wildman–Crippen MR) is 63.4 cm³/mol. The number of hydrogen-bond acceptors (Lipinski definition) is 4. The third-order valence-electron chi connectivity index (χ3n) is 3.05. The van der Waals surface area contributed by atoms with E-state index >= 15 is 0 Å². The second kappa shape index (κ2) is 5.03. The van der Waals surface area contributed by atoms with Crippen molar-refractivity contribution in [2.24, 2.45) is 0 Å². The molecule has 92 valence electrons. The molecule has 2 rings (SSSR count). The van der Waals surface area contributed by atoms with Crippen molar-refractivity contribution in [1.82, 2.24) is 4.98 Å². The van der Waals surface area contributed by atoms with Crippen LogP contribution >= 0.6 is 0 Å². The smallest absolute Gasteiger partial charge is 0.305 e. The molecule has 5 nitrogen and oxygen atoms in total. The quantitative estimate of drug-likeness (QED) is 0.859. The molecule has 1 aliphatic rings. The lowest BCUT2D eigenvalue weighted by atomic mass is 10.1. The lowest BCUT2D eigenvalue weighted by Crippen LogP contribution is -2.31. The molecule has 0 bridgehead atoms. The molecule has 1 saturated heterocycles. The summed E-state index contributed by atoms with van der Waals surface area (Å²) in [6.07, 6.45) is 3.83. The molecule has 1 aromatic rings. The molecule has 5 heteroatoms. The highest BCUT2D eigenvalue weighted by Gasteiger charge is 2.26. The Balaban J connectivity index is 2.16. The molecule has 0 spiro atoms. The summed E-state index contributed by atoms with van der Waals surface area (Å²) in [6.45, 7) is 0.894. The first kappa shape index (κ1) is 11.7. The predicted octanol–water partition coefficient (Wildman–Crippen LogP) is 1.53. The van der Waals surface area contributed by atoms with E-state index in [-0.39, 0.29) is 12.5 Å². The first-order chi connectivity index (χ1) is 8.20. The second-order valence-corrected chi connectivity index (χ2v) is 4.14. The molecule has 0 saturated carbocycles. The minimum atomic E-state index is -0.747. The van der Waals surface area contributed by atoms with Gasteiger partial charge in [0.15, 0.2) is 0 Å². The highest BCUT2D eigenvalue weighted by atomic mass is 16.5. The summed E-state index contributed by atoms with van der Waals surface area (Å²) < 4.78 is 5.08. The first-order valence-corrected chi connectivity index (χ1v) is 5.69. The molecule has 0 radical (unpaired) electrons. The Bertz CT molecular complexity index is 408. The number of nitrogens with zero attached hydrogens (tertiary/aromatic N) is 2. The monoisotopic (exact) mass is 236 g/mol. The highest BCUT2D eigenvalue weighted by molar-refractivity contribution is 5.69. The molecular weight excluding hydrogens is 220 g/mol. The number of carbonyl (C=O) groups is 1. The van der Waals surface area contributed by atoms with E-state index in [0.717, 1.165) is 25.1 Å². The Morgan fingerprint density at radius 3 is 3.24 bits per heavy atom. The zero-order valence-electron chi connectivity index (χ0n) is 9.80. The molecule has 1 N–H and O–H groups in total. The van der Waals surface area contributed by atoms with Crippen LogP contribution < -0.4 is 9.64 Å².